The third-order valence-electron chi connectivity index (χ3n) is 5.54. The minimum Gasteiger partial charge on any atom is -0.484 e. The van der Waals surface area contributed by atoms with Crippen molar-refractivity contribution in [3.8, 4) is 5.75 Å². The summed E-state index contributed by atoms with van der Waals surface area (Å²) in [7, 11) is 0. The summed E-state index contributed by atoms with van der Waals surface area (Å²) in [5, 5.41) is 2.90. The highest BCUT2D eigenvalue weighted by molar-refractivity contribution is 5.79. The Balaban J connectivity index is 1.20. The maximum Gasteiger partial charge on any atom is 0.420 e. The number of fused-ring (bicyclic) bond motifs is 1. The number of ether oxygens (including phenoxy) is 1. The van der Waals surface area contributed by atoms with Gasteiger partial charge in [0, 0.05) is 19.6 Å². The monoisotopic (exact) mass is 423 g/mol. The number of piperidine rings is 1. The van der Waals surface area contributed by atoms with E-state index in [1.807, 2.05) is 30.3 Å². The van der Waals surface area contributed by atoms with Crippen molar-refractivity contribution in [2.45, 2.75) is 19.4 Å². The molecule has 4 rings (SSSR count). The van der Waals surface area contributed by atoms with Crippen molar-refractivity contribution < 1.29 is 18.7 Å². The molecule has 0 atom stereocenters. The van der Waals surface area contributed by atoms with E-state index < -0.39 is 5.76 Å². The van der Waals surface area contributed by atoms with Gasteiger partial charge >= 0.3 is 5.76 Å². The standard InChI is InChI=1S/C23H25N3O5/c27-21(15-26-19-8-4-5-9-20(19)31-23(26)29)24-14-17-10-12-25(13-11-17)22(28)16-30-18-6-2-1-3-7-18/h1-9,17H,10-16H2,(H,24,27). The molecule has 2 aromatic carbocycles. The number of carbonyl (C=O) groups excluding carboxylic acids is 2. The molecule has 0 bridgehead atoms. The fourth-order valence-electron chi connectivity index (χ4n) is 3.76. The van der Waals surface area contributed by atoms with E-state index in [-0.39, 0.29) is 25.0 Å². The average Bonchev–Trinajstić information content (AvgIpc) is 3.12. The Hall–Kier alpha value is -3.55. The van der Waals surface area contributed by atoms with Crippen LogP contribution in [0.15, 0.2) is 63.8 Å². The Bertz CT molecular complexity index is 1100. The number of carbonyl (C=O) groups is 2. The molecule has 1 aliphatic heterocycles. The van der Waals surface area contributed by atoms with Gasteiger partial charge in [0.25, 0.3) is 5.91 Å². The molecule has 2 heterocycles. The van der Waals surface area contributed by atoms with Crippen molar-refractivity contribution in [1.29, 1.82) is 0 Å². The number of likely N-dealkylation sites (tertiary alicyclic amines) is 1. The minimum absolute atomic E-state index is 0.0266. The van der Waals surface area contributed by atoms with Crippen LogP contribution < -0.4 is 15.8 Å². The number of para-hydroxylation sites is 3. The van der Waals surface area contributed by atoms with Crippen molar-refractivity contribution in [2.75, 3.05) is 26.2 Å². The van der Waals surface area contributed by atoms with E-state index in [4.69, 9.17) is 9.15 Å². The summed E-state index contributed by atoms with van der Waals surface area (Å²) >= 11 is 0. The number of rotatable bonds is 7. The van der Waals surface area contributed by atoms with Crippen LogP contribution in [-0.4, -0.2) is 47.5 Å². The largest absolute Gasteiger partial charge is 0.484 e. The second-order valence-electron chi connectivity index (χ2n) is 7.65. The van der Waals surface area contributed by atoms with Crippen LogP contribution in [0.4, 0.5) is 0 Å². The molecule has 8 nitrogen and oxygen atoms in total. The zero-order valence-electron chi connectivity index (χ0n) is 17.2. The van der Waals surface area contributed by atoms with Crippen LogP contribution in [0.2, 0.25) is 0 Å². The predicted octanol–water partition coefficient (Wildman–Crippen LogP) is 2.03. The number of nitrogens with zero attached hydrogens (tertiary/aromatic N) is 2. The molecule has 0 aliphatic carbocycles. The van der Waals surface area contributed by atoms with Crippen molar-refractivity contribution in [3.63, 3.8) is 0 Å². The molecule has 1 aliphatic rings. The van der Waals surface area contributed by atoms with Gasteiger partial charge in [0.2, 0.25) is 5.91 Å². The molecular formula is C23H25N3O5. The normalized spacial score (nSPS) is 14.5. The Morgan fingerprint density at radius 1 is 1.03 bits per heavy atom. The number of hydrogen-bond donors (Lipinski definition) is 1. The first kappa shape index (κ1) is 20.7. The fourth-order valence-corrected chi connectivity index (χ4v) is 3.76. The van der Waals surface area contributed by atoms with E-state index in [0.717, 1.165) is 12.8 Å². The zero-order valence-corrected chi connectivity index (χ0v) is 17.2. The first-order valence-electron chi connectivity index (χ1n) is 10.4. The third kappa shape index (κ3) is 5.14. The first-order chi connectivity index (χ1) is 15.1. The summed E-state index contributed by atoms with van der Waals surface area (Å²) in [4.78, 5) is 38.5. The van der Waals surface area contributed by atoms with Crippen LogP contribution in [-0.2, 0) is 16.1 Å². The van der Waals surface area contributed by atoms with E-state index >= 15 is 0 Å². The summed E-state index contributed by atoms with van der Waals surface area (Å²) in [6.07, 6.45) is 1.62. The lowest BCUT2D eigenvalue weighted by Crippen LogP contribution is -2.43. The average molecular weight is 423 g/mol. The number of nitrogens with one attached hydrogen (secondary N) is 1. The topological polar surface area (TPSA) is 93.8 Å². The van der Waals surface area contributed by atoms with Crippen LogP contribution in [0.3, 0.4) is 0 Å². The molecule has 0 unspecified atom stereocenters. The molecule has 2 amide bonds. The van der Waals surface area contributed by atoms with Crippen LogP contribution in [0.5, 0.6) is 5.75 Å². The smallest absolute Gasteiger partial charge is 0.420 e. The van der Waals surface area contributed by atoms with Gasteiger partial charge in [-0.15, -0.1) is 0 Å². The minimum atomic E-state index is -0.541. The van der Waals surface area contributed by atoms with Crippen molar-refractivity contribution in [1.82, 2.24) is 14.8 Å². The van der Waals surface area contributed by atoms with Crippen molar-refractivity contribution in [3.05, 3.63) is 65.1 Å². The number of benzene rings is 2. The maximum absolute atomic E-state index is 12.4. The van der Waals surface area contributed by atoms with Crippen molar-refractivity contribution >= 4 is 22.9 Å². The van der Waals surface area contributed by atoms with Gasteiger partial charge < -0.3 is 19.4 Å². The second-order valence-corrected chi connectivity index (χ2v) is 7.65. The van der Waals surface area contributed by atoms with Crippen LogP contribution in [0.25, 0.3) is 11.1 Å². The van der Waals surface area contributed by atoms with Gasteiger partial charge in [-0.25, -0.2) is 4.79 Å². The molecule has 1 N–H and O–H groups in total. The van der Waals surface area contributed by atoms with Gasteiger partial charge in [-0.05, 0) is 43.0 Å². The summed E-state index contributed by atoms with van der Waals surface area (Å²) in [6.45, 7) is 1.75. The molecule has 1 fully saturated rings. The van der Waals surface area contributed by atoms with Crippen LogP contribution >= 0.6 is 0 Å². The number of hydrogen-bond acceptors (Lipinski definition) is 5. The van der Waals surface area contributed by atoms with Gasteiger partial charge in [0.05, 0.1) is 5.52 Å². The highest BCUT2D eigenvalue weighted by atomic mass is 16.5. The van der Waals surface area contributed by atoms with Gasteiger partial charge in [-0.2, -0.15) is 0 Å². The number of oxazole rings is 1. The van der Waals surface area contributed by atoms with Crippen LogP contribution in [0, 0.1) is 5.92 Å². The SMILES string of the molecule is O=C(Cn1c(=O)oc2ccccc21)NCC1CCN(C(=O)COc2ccccc2)CC1. The van der Waals surface area contributed by atoms with E-state index in [0.29, 0.717) is 42.4 Å². The van der Waals surface area contributed by atoms with E-state index in [9.17, 15) is 14.4 Å². The van der Waals surface area contributed by atoms with Gasteiger partial charge in [0.15, 0.2) is 12.2 Å². The highest BCUT2D eigenvalue weighted by Gasteiger charge is 2.23. The summed E-state index contributed by atoms with van der Waals surface area (Å²) in [5.41, 5.74) is 1.07. The second kappa shape index (κ2) is 9.51. The summed E-state index contributed by atoms with van der Waals surface area (Å²) in [6, 6.07) is 16.3. The van der Waals surface area contributed by atoms with E-state index in [1.165, 1.54) is 4.57 Å². The molecular weight excluding hydrogens is 398 g/mol. The lowest BCUT2D eigenvalue weighted by Gasteiger charge is -2.32. The third-order valence-corrected chi connectivity index (χ3v) is 5.54. The lowest BCUT2D eigenvalue weighted by molar-refractivity contribution is -0.135. The molecule has 0 saturated carbocycles. The lowest BCUT2D eigenvalue weighted by atomic mass is 9.97. The predicted molar refractivity (Wildman–Crippen MR) is 115 cm³/mol. The van der Waals surface area contributed by atoms with Gasteiger partial charge in [-0.1, -0.05) is 30.3 Å². The molecule has 1 saturated heterocycles. The van der Waals surface area contributed by atoms with E-state index in [1.54, 1.807) is 29.2 Å². The number of amides is 2. The van der Waals surface area contributed by atoms with E-state index in [2.05, 4.69) is 5.32 Å². The zero-order chi connectivity index (χ0) is 21.6. The van der Waals surface area contributed by atoms with Gasteiger partial charge in [-0.3, -0.25) is 14.2 Å². The van der Waals surface area contributed by atoms with Gasteiger partial charge in [0.1, 0.15) is 12.3 Å². The van der Waals surface area contributed by atoms with Crippen molar-refractivity contribution in [2.24, 2.45) is 5.92 Å². The molecule has 1 aromatic heterocycles. The Kier molecular flexibility index (Phi) is 6.35. The quantitative estimate of drug-likeness (QED) is 0.628. The molecule has 31 heavy (non-hydrogen) atoms. The highest BCUT2D eigenvalue weighted by Crippen LogP contribution is 2.17. The Morgan fingerprint density at radius 2 is 1.74 bits per heavy atom. The summed E-state index contributed by atoms with van der Waals surface area (Å²) < 4.78 is 12.0. The number of aromatic nitrogens is 1. The molecule has 0 spiro atoms. The summed E-state index contributed by atoms with van der Waals surface area (Å²) in [5.74, 6) is 0.167. The maximum atomic E-state index is 12.4. The molecule has 3 aromatic rings. The molecule has 162 valence electrons. The first-order valence-corrected chi connectivity index (χ1v) is 10.4. The molecule has 0 radical (unpaired) electrons. The Morgan fingerprint density at radius 3 is 2.52 bits per heavy atom. The molecule has 8 heteroatoms. The fraction of sp³-hybridized carbons (Fsp3) is 0.348. The van der Waals surface area contributed by atoms with Crippen LogP contribution in [0.1, 0.15) is 12.8 Å². The Labute approximate surface area is 179 Å².